The van der Waals surface area contributed by atoms with Crippen LogP contribution in [0.2, 0.25) is 5.02 Å². The molecule has 0 amide bonds. The van der Waals surface area contributed by atoms with Crippen molar-refractivity contribution in [2.45, 2.75) is 13.3 Å². The summed E-state index contributed by atoms with van der Waals surface area (Å²) in [6, 6.07) is 7.51. The van der Waals surface area contributed by atoms with Gasteiger partial charge in [0.15, 0.2) is 0 Å². The Morgan fingerprint density at radius 2 is 2.33 bits per heavy atom. The summed E-state index contributed by atoms with van der Waals surface area (Å²) in [6.07, 6.45) is 1.32. The minimum absolute atomic E-state index is 0.520. The van der Waals surface area contributed by atoms with Gasteiger partial charge >= 0.3 is 0 Å². The van der Waals surface area contributed by atoms with Crippen molar-refractivity contribution < 1.29 is 0 Å². The van der Waals surface area contributed by atoms with Crippen LogP contribution in [0.25, 0.3) is 0 Å². The van der Waals surface area contributed by atoms with Crippen LogP contribution >= 0.6 is 11.6 Å². The van der Waals surface area contributed by atoms with Crippen LogP contribution in [0.4, 0.5) is 5.69 Å². The van der Waals surface area contributed by atoms with Gasteiger partial charge in [-0.25, -0.2) is 0 Å². The van der Waals surface area contributed by atoms with Crippen molar-refractivity contribution in [3.63, 3.8) is 0 Å². The second-order valence-electron chi connectivity index (χ2n) is 4.16. The molecule has 0 heterocycles. The lowest BCUT2D eigenvalue weighted by molar-refractivity contribution is 0.787. The van der Waals surface area contributed by atoms with E-state index < -0.39 is 0 Å². The second kappa shape index (κ2) is 4.12. The van der Waals surface area contributed by atoms with Gasteiger partial charge in [-0.3, -0.25) is 0 Å². The molecule has 0 aliphatic heterocycles. The highest BCUT2D eigenvalue weighted by Crippen LogP contribution is 2.37. The maximum absolute atomic E-state index is 8.72. The lowest BCUT2D eigenvalue weighted by Crippen LogP contribution is -2.04. The van der Waals surface area contributed by atoms with E-state index in [1.165, 1.54) is 6.42 Å². The number of hydrogen-bond acceptors (Lipinski definition) is 2. The molecule has 3 heteroatoms. The maximum atomic E-state index is 8.72. The van der Waals surface area contributed by atoms with Gasteiger partial charge in [0.1, 0.15) is 6.07 Å². The van der Waals surface area contributed by atoms with Crippen LogP contribution in [0.15, 0.2) is 18.2 Å². The van der Waals surface area contributed by atoms with Crippen molar-refractivity contribution in [2.75, 3.05) is 11.9 Å². The zero-order valence-electron chi connectivity index (χ0n) is 8.63. The highest BCUT2D eigenvalue weighted by Gasteiger charge is 2.31. The summed E-state index contributed by atoms with van der Waals surface area (Å²) in [7, 11) is 0. The van der Waals surface area contributed by atoms with Gasteiger partial charge in [-0.1, -0.05) is 18.5 Å². The van der Waals surface area contributed by atoms with E-state index in [0.29, 0.717) is 10.6 Å². The van der Waals surface area contributed by atoms with E-state index in [-0.39, 0.29) is 0 Å². The molecule has 78 valence electrons. The minimum atomic E-state index is 0.520. The molecule has 2 atom stereocenters. The number of nitriles is 1. The maximum Gasteiger partial charge on any atom is 0.101 e. The largest absolute Gasteiger partial charge is 0.385 e. The topological polar surface area (TPSA) is 35.8 Å². The molecule has 0 aromatic heterocycles. The van der Waals surface area contributed by atoms with Crippen LogP contribution in [0.1, 0.15) is 18.9 Å². The summed E-state index contributed by atoms with van der Waals surface area (Å²) in [4.78, 5) is 0. The predicted octanol–water partition coefficient (Wildman–Crippen LogP) is 3.28. The molecule has 2 nitrogen and oxygen atoms in total. The molecule has 2 unspecified atom stereocenters. The van der Waals surface area contributed by atoms with Crippen molar-refractivity contribution in [1.29, 1.82) is 5.26 Å². The monoisotopic (exact) mass is 220 g/mol. The molecule has 0 spiro atoms. The number of benzene rings is 1. The number of nitrogens with zero attached hydrogens (tertiary/aromatic N) is 1. The molecule has 1 saturated carbocycles. The normalized spacial score (nSPS) is 23.3. The first-order valence-electron chi connectivity index (χ1n) is 5.14. The molecule has 0 saturated heterocycles. The summed E-state index contributed by atoms with van der Waals surface area (Å²) < 4.78 is 0. The van der Waals surface area contributed by atoms with Gasteiger partial charge < -0.3 is 5.32 Å². The second-order valence-corrected chi connectivity index (χ2v) is 4.57. The average Bonchev–Trinajstić information content (AvgIpc) is 2.92. The summed E-state index contributed by atoms with van der Waals surface area (Å²) in [5.74, 6) is 1.66. The van der Waals surface area contributed by atoms with Gasteiger partial charge in [0.05, 0.1) is 10.6 Å². The zero-order valence-corrected chi connectivity index (χ0v) is 9.38. The third kappa shape index (κ3) is 2.43. The summed E-state index contributed by atoms with van der Waals surface area (Å²) in [5.41, 5.74) is 1.53. The highest BCUT2D eigenvalue weighted by molar-refractivity contribution is 6.32. The Kier molecular flexibility index (Phi) is 2.83. The number of halogens is 1. The van der Waals surface area contributed by atoms with Gasteiger partial charge in [0.25, 0.3) is 0 Å². The van der Waals surface area contributed by atoms with Gasteiger partial charge in [-0.2, -0.15) is 5.26 Å². The average molecular weight is 221 g/mol. The molecule has 15 heavy (non-hydrogen) atoms. The summed E-state index contributed by atoms with van der Waals surface area (Å²) in [6.45, 7) is 3.27. The molecule has 1 aromatic rings. The Bertz CT molecular complexity index is 409. The van der Waals surface area contributed by atoms with Crippen molar-refractivity contribution in [3.8, 4) is 6.07 Å². The minimum Gasteiger partial charge on any atom is -0.385 e. The predicted molar refractivity (Wildman–Crippen MR) is 61.9 cm³/mol. The van der Waals surface area contributed by atoms with Crippen molar-refractivity contribution in [3.05, 3.63) is 28.8 Å². The lowest BCUT2D eigenvalue weighted by atomic mass is 10.2. The van der Waals surface area contributed by atoms with E-state index in [9.17, 15) is 0 Å². The number of anilines is 1. The molecule has 1 aliphatic rings. The van der Waals surface area contributed by atoms with E-state index in [1.807, 2.05) is 18.2 Å². The smallest absolute Gasteiger partial charge is 0.101 e. The van der Waals surface area contributed by atoms with Crippen LogP contribution in [0.3, 0.4) is 0 Å². The fourth-order valence-corrected chi connectivity index (χ4v) is 1.87. The van der Waals surface area contributed by atoms with Gasteiger partial charge in [-0.15, -0.1) is 0 Å². The van der Waals surface area contributed by atoms with E-state index >= 15 is 0 Å². The van der Waals surface area contributed by atoms with Crippen molar-refractivity contribution in [2.24, 2.45) is 11.8 Å². The first-order chi connectivity index (χ1) is 7.20. The standard InChI is InChI=1S/C12H13ClN2/c1-8-4-10(8)7-15-11-3-2-9(6-14)12(13)5-11/h2-3,5,8,10,15H,4,7H2,1H3. The van der Waals surface area contributed by atoms with Gasteiger partial charge in [-0.05, 0) is 36.5 Å². The van der Waals surface area contributed by atoms with E-state index in [4.69, 9.17) is 16.9 Å². The Balaban J connectivity index is 1.97. The van der Waals surface area contributed by atoms with Crippen LogP contribution in [-0.2, 0) is 0 Å². The third-order valence-electron chi connectivity index (χ3n) is 2.93. The summed E-state index contributed by atoms with van der Waals surface area (Å²) >= 11 is 5.93. The Labute approximate surface area is 94.9 Å². The molecule has 0 bridgehead atoms. The van der Waals surface area contributed by atoms with Crippen molar-refractivity contribution in [1.82, 2.24) is 0 Å². The van der Waals surface area contributed by atoms with E-state index in [2.05, 4.69) is 12.2 Å². The highest BCUT2D eigenvalue weighted by atomic mass is 35.5. The fourth-order valence-electron chi connectivity index (χ4n) is 1.65. The molecule has 1 aliphatic carbocycles. The first kappa shape index (κ1) is 10.3. The summed E-state index contributed by atoms with van der Waals surface area (Å²) in [5, 5.41) is 12.6. The van der Waals surface area contributed by atoms with E-state index in [1.54, 1.807) is 6.07 Å². The van der Waals surface area contributed by atoms with Crippen molar-refractivity contribution >= 4 is 17.3 Å². The first-order valence-corrected chi connectivity index (χ1v) is 5.52. The van der Waals surface area contributed by atoms with Crippen LogP contribution < -0.4 is 5.32 Å². The Hall–Kier alpha value is -1.20. The van der Waals surface area contributed by atoms with Gasteiger partial charge in [0, 0.05) is 12.2 Å². The van der Waals surface area contributed by atoms with Crippen LogP contribution in [0, 0.1) is 23.2 Å². The molecule has 0 radical (unpaired) electrons. The van der Waals surface area contributed by atoms with Gasteiger partial charge in [0.2, 0.25) is 0 Å². The number of hydrogen-bond donors (Lipinski definition) is 1. The third-order valence-corrected chi connectivity index (χ3v) is 3.25. The van der Waals surface area contributed by atoms with Crippen LogP contribution in [-0.4, -0.2) is 6.54 Å². The lowest BCUT2D eigenvalue weighted by Gasteiger charge is -2.06. The SMILES string of the molecule is CC1CC1CNc1ccc(C#N)c(Cl)c1. The molecular weight excluding hydrogens is 208 g/mol. The molecule has 1 aromatic carbocycles. The van der Waals surface area contributed by atoms with Crippen LogP contribution in [0.5, 0.6) is 0 Å². The molecular formula is C12H13ClN2. The molecule has 1 fully saturated rings. The Morgan fingerprint density at radius 1 is 1.60 bits per heavy atom. The fraction of sp³-hybridized carbons (Fsp3) is 0.417. The van der Waals surface area contributed by atoms with E-state index in [0.717, 1.165) is 24.1 Å². The zero-order chi connectivity index (χ0) is 10.8. The quantitative estimate of drug-likeness (QED) is 0.849. The molecule has 2 rings (SSSR count). The molecule has 1 N–H and O–H groups in total. The number of rotatable bonds is 3. The Morgan fingerprint density at radius 3 is 2.87 bits per heavy atom. The number of nitrogens with one attached hydrogen (secondary N) is 1.